The van der Waals surface area contributed by atoms with Crippen molar-refractivity contribution in [3.05, 3.63) is 11.8 Å². The minimum atomic E-state index is -0.176. The molecule has 0 aromatic carbocycles. The minimum absolute atomic E-state index is 0.0327. The summed E-state index contributed by atoms with van der Waals surface area (Å²) in [5.41, 5.74) is 7.69. The van der Waals surface area contributed by atoms with Crippen LogP contribution in [0.3, 0.4) is 0 Å². The first-order valence-electron chi connectivity index (χ1n) is 7.62. The van der Waals surface area contributed by atoms with Crippen LogP contribution in [0.4, 0.5) is 5.69 Å². The SMILES string of the molecule is C[C@@H]1OCC2(CCN(c3cc(O)c(S)nc3CO)CC2)[C@@H]1N. The fourth-order valence-electron chi connectivity index (χ4n) is 3.58. The van der Waals surface area contributed by atoms with Crippen LogP contribution >= 0.6 is 12.6 Å². The molecule has 2 aliphatic rings. The number of piperidine rings is 1. The van der Waals surface area contributed by atoms with Gasteiger partial charge in [0.1, 0.15) is 10.8 Å². The zero-order valence-corrected chi connectivity index (χ0v) is 13.6. The third-order valence-electron chi connectivity index (χ3n) is 5.14. The number of ether oxygens (including phenoxy) is 1. The Kier molecular flexibility index (Phi) is 4.24. The molecule has 7 heteroatoms. The summed E-state index contributed by atoms with van der Waals surface area (Å²) in [6, 6.07) is 1.70. The van der Waals surface area contributed by atoms with E-state index in [0.717, 1.165) is 38.2 Å². The van der Waals surface area contributed by atoms with Crippen molar-refractivity contribution >= 4 is 18.3 Å². The zero-order valence-electron chi connectivity index (χ0n) is 12.7. The largest absolute Gasteiger partial charge is 0.505 e. The molecule has 6 nitrogen and oxygen atoms in total. The van der Waals surface area contributed by atoms with Crippen LogP contribution in [0.1, 0.15) is 25.5 Å². The number of nitrogens with zero attached hydrogens (tertiary/aromatic N) is 2. The monoisotopic (exact) mass is 325 g/mol. The highest BCUT2D eigenvalue weighted by atomic mass is 32.1. The molecule has 0 saturated carbocycles. The van der Waals surface area contributed by atoms with Crippen molar-refractivity contribution in [2.75, 3.05) is 24.6 Å². The van der Waals surface area contributed by atoms with Crippen molar-refractivity contribution in [3.63, 3.8) is 0 Å². The lowest BCUT2D eigenvalue weighted by Crippen LogP contribution is -2.50. The van der Waals surface area contributed by atoms with Gasteiger partial charge in [0.25, 0.3) is 0 Å². The van der Waals surface area contributed by atoms with Crippen LogP contribution in [0.5, 0.6) is 5.75 Å². The molecule has 0 bridgehead atoms. The number of aliphatic hydroxyl groups excluding tert-OH is 1. The van der Waals surface area contributed by atoms with E-state index in [-0.39, 0.29) is 34.9 Å². The lowest BCUT2D eigenvalue weighted by atomic mass is 9.73. The maximum atomic E-state index is 9.85. The molecule has 1 aromatic heterocycles. The fourth-order valence-corrected chi connectivity index (χ4v) is 3.76. The molecule has 1 spiro atoms. The van der Waals surface area contributed by atoms with Crippen LogP contribution in [-0.2, 0) is 11.3 Å². The summed E-state index contributed by atoms with van der Waals surface area (Å²) in [7, 11) is 0. The van der Waals surface area contributed by atoms with E-state index in [4.69, 9.17) is 10.5 Å². The number of pyridine rings is 1. The van der Waals surface area contributed by atoms with E-state index in [1.165, 1.54) is 0 Å². The molecule has 2 aliphatic heterocycles. The van der Waals surface area contributed by atoms with Gasteiger partial charge in [0, 0.05) is 30.6 Å². The number of hydrogen-bond donors (Lipinski definition) is 4. The lowest BCUT2D eigenvalue weighted by molar-refractivity contribution is 0.0974. The molecule has 0 unspecified atom stereocenters. The van der Waals surface area contributed by atoms with Gasteiger partial charge in [-0.15, -0.1) is 12.6 Å². The second-order valence-corrected chi connectivity index (χ2v) is 6.77. The number of aromatic hydroxyl groups is 1. The molecular weight excluding hydrogens is 302 g/mol. The van der Waals surface area contributed by atoms with E-state index < -0.39 is 0 Å². The second-order valence-electron chi connectivity index (χ2n) is 6.35. The number of aliphatic hydroxyl groups is 1. The van der Waals surface area contributed by atoms with Gasteiger partial charge in [-0.05, 0) is 19.8 Å². The van der Waals surface area contributed by atoms with Crippen LogP contribution in [0.15, 0.2) is 11.1 Å². The van der Waals surface area contributed by atoms with Crippen molar-refractivity contribution in [1.29, 1.82) is 0 Å². The normalized spacial score (nSPS) is 27.5. The average Bonchev–Trinajstić information content (AvgIpc) is 2.79. The van der Waals surface area contributed by atoms with E-state index in [1.54, 1.807) is 6.07 Å². The molecule has 0 aliphatic carbocycles. The van der Waals surface area contributed by atoms with E-state index in [1.807, 2.05) is 6.92 Å². The number of anilines is 1. The molecule has 0 amide bonds. The molecule has 122 valence electrons. The summed E-state index contributed by atoms with van der Waals surface area (Å²) in [5.74, 6) is 0.0327. The molecule has 0 radical (unpaired) electrons. The van der Waals surface area contributed by atoms with Gasteiger partial charge in [-0.25, -0.2) is 4.98 Å². The first kappa shape index (κ1) is 15.9. The molecule has 3 rings (SSSR count). The number of aromatic nitrogens is 1. The Hall–Kier alpha value is -1.02. The third kappa shape index (κ3) is 2.56. The summed E-state index contributed by atoms with van der Waals surface area (Å²) >= 11 is 4.10. The topological polar surface area (TPSA) is 91.8 Å². The van der Waals surface area contributed by atoms with Gasteiger partial charge in [0.05, 0.1) is 30.7 Å². The Balaban J connectivity index is 1.78. The molecular formula is C15H23N3O3S. The van der Waals surface area contributed by atoms with Crippen molar-refractivity contribution in [2.45, 2.75) is 43.5 Å². The van der Waals surface area contributed by atoms with Gasteiger partial charge in [0.2, 0.25) is 0 Å². The second kappa shape index (κ2) is 5.88. The fraction of sp³-hybridized carbons (Fsp3) is 0.667. The predicted molar refractivity (Wildman–Crippen MR) is 86.3 cm³/mol. The molecule has 22 heavy (non-hydrogen) atoms. The summed E-state index contributed by atoms with van der Waals surface area (Å²) in [5, 5.41) is 19.6. The standard InChI is InChI=1S/C15H23N3O3S/c1-9-13(16)15(8-21-9)2-4-18(5-3-15)11-6-12(20)14(22)17-10(11)7-19/h6,9,13,19-20H,2-5,7-8,16H2,1H3,(H,17,22)/t9-,13+/m0/s1. The Morgan fingerprint density at radius 2 is 2.18 bits per heavy atom. The highest BCUT2D eigenvalue weighted by Gasteiger charge is 2.47. The smallest absolute Gasteiger partial charge is 0.149 e. The maximum absolute atomic E-state index is 9.85. The number of thiol groups is 1. The molecule has 4 N–H and O–H groups in total. The van der Waals surface area contributed by atoms with Gasteiger partial charge in [-0.2, -0.15) is 0 Å². The zero-order chi connectivity index (χ0) is 15.9. The van der Waals surface area contributed by atoms with E-state index in [9.17, 15) is 10.2 Å². The van der Waals surface area contributed by atoms with E-state index in [0.29, 0.717) is 5.69 Å². The Morgan fingerprint density at radius 3 is 2.73 bits per heavy atom. The van der Waals surface area contributed by atoms with Crippen molar-refractivity contribution in [2.24, 2.45) is 11.1 Å². The Morgan fingerprint density at radius 1 is 1.50 bits per heavy atom. The van der Waals surface area contributed by atoms with Crippen LogP contribution in [0.2, 0.25) is 0 Å². The maximum Gasteiger partial charge on any atom is 0.149 e. The molecule has 2 atom stereocenters. The average molecular weight is 325 g/mol. The quantitative estimate of drug-likeness (QED) is 0.604. The van der Waals surface area contributed by atoms with Crippen molar-refractivity contribution in [1.82, 2.24) is 4.98 Å². The van der Waals surface area contributed by atoms with Gasteiger partial charge in [-0.3, -0.25) is 0 Å². The Labute approximate surface area is 135 Å². The number of hydrogen-bond acceptors (Lipinski definition) is 7. The minimum Gasteiger partial charge on any atom is -0.505 e. The van der Waals surface area contributed by atoms with Gasteiger partial charge in [0.15, 0.2) is 0 Å². The highest BCUT2D eigenvalue weighted by molar-refractivity contribution is 7.80. The van der Waals surface area contributed by atoms with Gasteiger partial charge in [-0.1, -0.05) is 0 Å². The lowest BCUT2D eigenvalue weighted by Gasteiger charge is -2.42. The van der Waals surface area contributed by atoms with E-state index >= 15 is 0 Å². The summed E-state index contributed by atoms with van der Waals surface area (Å²) in [6.45, 7) is 4.19. The Bertz CT molecular complexity index is 561. The van der Waals surface area contributed by atoms with Crippen LogP contribution in [0.25, 0.3) is 0 Å². The van der Waals surface area contributed by atoms with Gasteiger partial charge < -0.3 is 25.6 Å². The van der Waals surface area contributed by atoms with Crippen LogP contribution in [0, 0.1) is 5.41 Å². The third-order valence-corrected chi connectivity index (χ3v) is 5.46. The summed E-state index contributed by atoms with van der Waals surface area (Å²) in [6.07, 6.45) is 1.98. The van der Waals surface area contributed by atoms with Crippen LogP contribution in [-0.4, -0.2) is 47.0 Å². The number of nitrogens with two attached hydrogens (primary N) is 1. The van der Waals surface area contributed by atoms with Gasteiger partial charge >= 0.3 is 0 Å². The first-order valence-corrected chi connectivity index (χ1v) is 8.06. The molecule has 1 aromatic rings. The summed E-state index contributed by atoms with van der Waals surface area (Å²) in [4.78, 5) is 6.30. The van der Waals surface area contributed by atoms with Crippen molar-refractivity contribution < 1.29 is 14.9 Å². The van der Waals surface area contributed by atoms with E-state index in [2.05, 4.69) is 22.5 Å². The molecule has 2 fully saturated rings. The predicted octanol–water partition coefficient (Wildman–Crippen LogP) is 0.901. The van der Waals surface area contributed by atoms with Crippen LogP contribution < -0.4 is 10.6 Å². The highest BCUT2D eigenvalue weighted by Crippen LogP contribution is 2.42. The number of rotatable bonds is 2. The molecule has 2 saturated heterocycles. The summed E-state index contributed by atoms with van der Waals surface area (Å²) < 4.78 is 5.73. The first-order chi connectivity index (χ1) is 10.5. The molecule has 3 heterocycles. The van der Waals surface area contributed by atoms with Crippen molar-refractivity contribution in [3.8, 4) is 5.75 Å².